The van der Waals surface area contributed by atoms with Gasteiger partial charge in [-0.05, 0) is 24.3 Å². The Hall–Kier alpha value is -1.76. The fraction of sp³-hybridized carbons (Fsp3) is 0.500. The maximum absolute atomic E-state index is 8.72. The van der Waals surface area contributed by atoms with Gasteiger partial charge in [-0.1, -0.05) is 6.92 Å². The number of anilines is 2. The molecule has 1 fully saturated rings. The third-order valence-electron chi connectivity index (χ3n) is 3.17. The van der Waals surface area contributed by atoms with Crippen LogP contribution in [0.5, 0.6) is 0 Å². The largest absolute Gasteiger partial charge is 0.396 e. The Morgan fingerprint density at radius 3 is 2.88 bits per heavy atom. The van der Waals surface area contributed by atoms with Gasteiger partial charge in [-0.15, -0.1) is 0 Å². The van der Waals surface area contributed by atoms with E-state index < -0.39 is 0 Å². The van der Waals surface area contributed by atoms with Crippen LogP contribution in [0.25, 0.3) is 0 Å². The Morgan fingerprint density at radius 1 is 1.69 bits per heavy atom. The summed E-state index contributed by atoms with van der Waals surface area (Å²) in [6.07, 6.45) is 2.86. The van der Waals surface area contributed by atoms with Crippen molar-refractivity contribution < 1.29 is 0 Å². The fourth-order valence-electron chi connectivity index (χ4n) is 1.95. The second-order valence-corrected chi connectivity index (χ2v) is 4.60. The minimum absolute atomic E-state index is 0.509. The molecule has 2 N–H and O–H groups in total. The lowest BCUT2D eigenvalue weighted by Gasteiger charge is -2.19. The first-order valence-corrected chi connectivity index (χ1v) is 5.48. The summed E-state index contributed by atoms with van der Waals surface area (Å²) >= 11 is 0. The Balaban J connectivity index is 2.11. The second kappa shape index (κ2) is 4.01. The van der Waals surface area contributed by atoms with Crippen molar-refractivity contribution in [1.82, 2.24) is 4.98 Å². The molecule has 1 aromatic rings. The van der Waals surface area contributed by atoms with Gasteiger partial charge in [-0.25, -0.2) is 4.98 Å². The number of aromatic nitrogens is 1. The number of pyridine rings is 1. The van der Waals surface area contributed by atoms with Crippen molar-refractivity contribution in [2.45, 2.75) is 13.3 Å². The number of rotatable bonds is 3. The van der Waals surface area contributed by atoms with Crippen LogP contribution in [0.15, 0.2) is 12.3 Å². The molecule has 0 aromatic carbocycles. The van der Waals surface area contributed by atoms with Crippen LogP contribution < -0.4 is 10.6 Å². The van der Waals surface area contributed by atoms with Crippen LogP contribution >= 0.6 is 0 Å². The summed E-state index contributed by atoms with van der Waals surface area (Å²) in [4.78, 5) is 6.31. The maximum atomic E-state index is 8.72. The molecule has 1 saturated carbocycles. The van der Waals surface area contributed by atoms with Crippen LogP contribution in [-0.2, 0) is 0 Å². The van der Waals surface area contributed by atoms with E-state index in [1.54, 1.807) is 12.3 Å². The van der Waals surface area contributed by atoms with Crippen LogP contribution in [-0.4, -0.2) is 18.6 Å². The topological polar surface area (TPSA) is 65.9 Å². The van der Waals surface area contributed by atoms with E-state index in [4.69, 9.17) is 11.0 Å². The standard InChI is InChI=1S/C12H16N4/c1-8-3-10(8)7-16(2)12-11(14)4-9(5-13)6-15-12/h4,6,8,10H,3,7,14H2,1-2H3. The molecular formula is C12H16N4. The first kappa shape index (κ1) is 10.7. The number of nitriles is 1. The highest BCUT2D eigenvalue weighted by atomic mass is 15.2. The summed E-state index contributed by atoms with van der Waals surface area (Å²) in [5, 5.41) is 8.72. The van der Waals surface area contributed by atoms with Crippen LogP contribution in [0.1, 0.15) is 18.9 Å². The Kier molecular flexibility index (Phi) is 2.69. The smallest absolute Gasteiger partial charge is 0.151 e. The quantitative estimate of drug-likeness (QED) is 0.834. The number of nitrogens with zero attached hydrogens (tertiary/aromatic N) is 3. The third kappa shape index (κ3) is 2.08. The van der Waals surface area contributed by atoms with Gasteiger partial charge in [0.05, 0.1) is 11.3 Å². The Labute approximate surface area is 95.7 Å². The monoisotopic (exact) mass is 216 g/mol. The summed E-state index contributed by atoms with van der Waals surface area (Å²) in [7, 11) is 2.00. The SMILES string of the molecule is CC1CC1CN(C)c1ncc(C#N)cc1N. The van der Waals surface area contributed by atoms with Crippen molar-refractivity contribution in [3.8, 4) is 6.07 Å². The second-order valence-electron chi connectivity index (χ2n) is 4.60. The molecule has 0 bridgehead atoms. The number of hydrogen-bond acceptors (Lipinski definition) is 4. The predicted molar refractivity (Wildman–Crippen MR) is 63.9 cm³/mol. The average molecular weight is 216 g/mol. The zero-order chi connectivity index (χ0) is 11.7. The zero-order valence-electron chi connectivity index (χ0n) is 9.64. The van der Waals surface area contributed by atoms with Gasteiger partial charge in [0.25, 0.3) is 0 Å². The molecule has 1 aromatic heterocycles. The van der Waals surface area contributed by atoms with Crippen molar-refractivity contribution >= 4 is 11.5 Å². The molecule has 0 radical (unpaired) electrons. The normalized spacial score (nSPS) is 22.6. The molecule has 16 heavy (non-hydrogen) atoms. The molecule has 1 heterocycles. The predicted octanol–water partition coefficient (Wildman–Crippen LogP) is 1.63. The molecule has 0 saturated heterocycles. The van der Waals surface area contributed by atoms with Crippen molar-refractivity contribution in [3.63, 3.8) is 0 Å². The first-order valence-electron chi connectivity index (χ1n) is 5.48. The van der Waals surface area contributed by atoms with Crippen molar-refractivity contribution in [1.29, 1.82) is 5.26 Å². The van der Waals surface area contributed by atoms with E-state index >= 15 is 0 Å². The van der Waals surface area contributed by atoms with Gasteiger partial charge in [0, 0.05) is 19.8 Å². The highest BCUT2D eigenvalue weighted by molar-refractivity contribution is 5.64. The van der Waals surface area contributed by atoms with E-state index in [1.807, 2.05) is 13.1 Å². The molecule has 84 valence electrons. The summed E-state index contributed by atoms with van der Waals surface area (Å²) < 4.78 is 0. The van der Waals surface area contributed by atoms with Crippen molar-refractivity contribution in [2.24, 2.45) is 11.8 Å². The van der Waals surface area contributed by atoms with Gasteiger partial charge in [0.15, 0.2) is 5.82 Å². The maximum Gasteiger partial charge on any atom is 0.151 e. The van der Waals surface area contributed by atoms with Crippen LogP contribution in [0.4, 0.5) is 11.5 Å². The zero-order valence-corrected chi connectivity index (χ0v) is 9.64. The van der Waals surface area contributed by atoms with E-state index in [1.165, 1.54) is 6.42 Å². The molecule has 2 unspecified atom stereocenters. The molecule has 4 nitrogen and oxygen atoms in total. The molecule has 2 atom stereocenters. The van der Waals surface area contributed by atoms with Gasteiger partial charge in [-0.3, -0.25) is 0 Å². The van der Waals surface area contributed by atoms with E-state index in [0.717, 1.165) is 24.2 Å². The van der Waals surface area contributed by atoms with Crippen molar-refractivity contribution in [3.05, 3.63) is 17.8 Å². The summed E-state index contributed by atoms with van der Waals surface area (Å²) in [5.41, 5.74) is 6.96. The first-order chi connectivity index (χ1) is 7.61. The van der Waals surface area contributed by atoms with E-state index in [2.05, 4.69) is 16.8 Å². The Morgan fingerprint density at radius 2 is 2.38 bits per heavy atom. The molecule has 2 rings (SSSR count). The van der Waals surface area contributed by atoms with Gasteiger partial charge < -0.3 is 10.6 Å². The van der Waals surface area contributed by atoms with Gasteiger partial charge in [0.1, 0.15) is 6.07 Å². The highest BCUT2D eigenvalue weighted by Crippen LogP contribution is 2.38. The third-order valence-corrected chi connectivity index (χ3v) is 3.17. The molecule has 0 aliphatic heterocycles. The molecule has 0 amide bonds. The number of nitrogens with two attached hydrogens (primary N) is 1. The van der Waals surface area contributed by atoms with Crippen LogP contribution in [0.2, 0.25) is 0 Å². The van der Waals surface area contributed by atoms with E-state index in [-0.39, 0.29) is 0 Å². The van der Waals surface area contributed by atoms with Crippen LogP contribution in [0, 0.1) is 23.2 Å². The summed E-state index contributed by atoms with van der Waals surface area (Å²) in [6, 6.07) is 3.71. The molecule has 1 aliphatic carbocycles. The minimum Gasteiger partial charge on any atom is -0.396 e. The molecule has 4 heteroatoms. The summed E-state index contributed by atoms with van der Waals surface area (Å²) in [6.45, 7) is 3.25. The number of hydrogen-bond donors (Lipinski definition) is 1. The van der Waals surface area contributed by atoms with Gasteiger partial charge in [0.2, 0.25) is 0 Å². The molecular weight excluding hydrogens is 200 g/mol. The van der Waals surface area contributed by atoms with Gasteiger partial charge in [-0.2, -0.15) is 5.26 Å². The lowest BCUT2D eigenvalue weighted by Crippen LogP contribution is -2.22. The lowest BCUT2D eigenvalue weighted by molar-refractivity contribution is 0.720. The van der Waals surface area contributed by atoms with Crippen LogP contribution in [0.3, 0.4) is 0 Å². The fourth-order valence-corrected chi connectivity index (χ4v) is 1.95. The van der Waals surface area contributed by atoms with E-state index in [9.17, 15) is 0 Å². The highest BCUT2D eigenvalue weighted by Gasteiger charge is 2.33. The molecule has 1 aliphatic rings. The number of nitrogen functional groups attached to an aromatic ring is 1. The lowest BCUT2D eigenvalue weighted by atomic mass is 10.2. The Bertz CT molecular complexity index is 435. The average Bonchev–Trinajstić information content (AvgIpc) is 2.93. The van der Waals surface area contributed by atoms with E-state index in [0.29, 0.717) is 11.3 Å². The molecule has 0 spiro atoms. The minimum atomic E-state index is 0.509. The van der Waals surface area contributed by atoms with Crippen molar-refractivity contribution in [2.75, 3.05) is 24.2 Å². The van der Waals surface area contributed by atoms with Gasteiger partial charge >= 0.3 is 0 Å². The summed E-state index contributed by atoms with van der Waals surface area (Å²) in [5.74, 6) is 2.36.